The lowest BCUT2D eigenvalue weighted by Crippen LogP contribution is -2.52. The molecule has 1 unspecified atom stereocenters. The summed E-state index contributed by atoms with van der Waals surface area (Å²) in [6.45, 7) is 2.87. The summed E-state index contributed by atoms with van der Waals surface area (Å²) in [5, 5.41) is 3.35. The molecule has 2 heterocycles. The van der Waals surface area contributed by atoms with E-state index in [-0.39, 0.29) is 30.9 Å². The lowest BCUT2D eigenvalue weighted by atomic mass is 10.00. The van der Waals surface area contributed by atoms with E-state index >= 15 is 0 Å². The number of halogens is 2. The van der Waals surface area contributed by atoms with E-state index in [2.05, 4.69) is 29.2 Å². The zero-order valence-electron chi connectivity index (χ0n) is 11.9. The number of amides is 1. The highest BCUT2D eigenvalue weighted by molar-refractivity contribution is 5.85. The Morgan fingerprint density at radius 1 is 1.11 bits per heavy atom. The second-order valence-corrected chi connectivity index (χ2v) is 5.52. The van der Waals surface area contributed by atoms with Crippen LogP contribution in [0, 0.1) is 0 Å². The molecular formula is C13H27Cl2N3O. The van der Waals surface area contributed by atoms with Crippen molar-refractivity contribution in [2.75, 3.05) is 33.7 Å². The van der Waals surface area contributed by atoms with Crippen molar-refractivity contribution < 1.29 is 4.79 Å². The first kappa shape index (κ1) is 19.0. The van der Waals surface area contributed by atoms with Gasteiger partial charge >= 0.3 is 0 Å². The van der Waals surface area contributed by atoms with E-state index < -0.39 is 0 Å². The fourth-order valence-corrected chi connectivity index (χ4v) is 2.89. The lowest BCUT2D eigenvalue weighted by molar-refractivity contribution is -0.135. The SMILES string of the molecule is CN(C)C1CCN(C(=O)C2CCCCN2)CC1.Cl.Cl. The number of hydrogen-bond donors (Lipinski definition) is 1. The second-order valence-electron chi connectivity index (χ2n) is 5.52. The average molecular weight is 312 g/mol. The summed E-state index contributed by atoms with van der Waals surface area (Å²) in [5.41, 5.74) is 0. The van der Waals surface area contributed by atoms with Crippen molar-refractivity contribution in [2.45, 2.75) is 44.2 Å². The fourth-order valence-electron chi connectivity index (χ4n) is 2.89. The maximum absolute atomic E-state index is 12.3. The number of nitrogens with zero attached hydrogens (tertiary/aromatic N) is 2. The van der Waals surface area contributed by atoms with Gasteiger partial charge in [0.2, 0.25) is 5.91 Å². The molecule has 2 aliphatic rings. The summed E-state index contributed by atoms with van der Waals surface area (Å²) >= 11 is 0. The van der Waals surface area contributed by atoms with Gasteiger partial charge in [-0.05, 0) is 46.3 Å². The number of carbonyl (C=O) groups excluding carboxylic acids is 1. The summed E-state index contributed by atoms with van der Waals surface area (Å²) in [6, 6.07) is 0.748. The predicted molar refractivity (Wildman–Crippen MR) is 83.4 cm³/mol. The van der Waals surface area contributed by atoms with E-state index in [0.29, 0.717) is 11.9 Å². The van der Waals surface area contributed by atoms with Gasteiger partial charge in [-0.1, -0.05) is 6.42 Å². The normalized spacial score (nSPS) is 24.6. The predicted octanol–water partition coefficient (Wildman–Crippen LogP) is 1.52. The monoisotopic (exact) mass is 311 g/mol. The molecule has 0 spiro atoms. The topological polar surface area (TPSA) is 35.6 Å². The van der Waals surface area contributed by atoms with Crippen molar-refractivity contribution in [3.8, 4) is 0 Å². The van der Waals surface area contributed by atoms with E-state index in [0.717, 1.165) is 38.9 Å². The molecule has 1 atom stereocenters. The molecule has 0 radical (unpaired) electrons. The molecule has 0 aliphatic carbocycles. The van der Waals surface area contributed by atoms with Crippen LogP contribution in [0.25, 0.3) is 0 Å². The Labute approximate surface area is 129 Å². The number of carbonyl (C=O) groups is 1. The van der Waals surface area contributed by atoms with Crippen LogP contribution in [0.4, 0.5) is 0 Å². The van der Waals surface area contributed by atoms with Crippen molar-refractivity contribution >= 4 is 30.7 Å². The highest BCUT2D eigenvalue weighted by Gasteiger charge is 2.29. The number of likely N-dealkylation sites (tertiary alicyclic amines) is 1. The van der Waals surface area contributed by atoms with Crippen LogP contribution in [0.2, 0.25) is 0 Å². The zero-order valence-corrected chi connectivity index (χ0v) is 13.6. The molecule has 1 amide bonds. The standard InChI is InChI=1S/C13H25N3O.2ClH/c1-15(2)11-6-9-16(10-7-11)13(17)12-5-3-4-8-14-12;;/h11-12,14H,3-10H2,1-2H3;2*1H. The Kier molecular flexibility index (Phi) is 8.99. The Bertz CT molecular complexity index is 263. The molecule has 4 nitrogen and oxygen atoms in total. The fraction of sp³-hybridized carbons (Fsp3) is 0.923. The first-order chi connectivity index (χ1) is 8.18. The van der Waals surface area contributed by atoms with Gasteiger partial charge in [-0.15, -0.1) is 24.8 Å². The lowest BCUT2D eigenvalue weighted by Gasteiger charge is -2.37. The van der Waals surface area contributed by atoms with Gasteiger partial charge in [-0.2, -0.15) is 0 Å². The minimum Gasteiger partial charge on any atom is -0.341 e. The Morgan fingerprint density at radius 2 is 1.74 bits per heavy atom. The largest absolute Gasteiger partial charge is 0.341 e. The molecule has 0 aromatic rings. The molecule has 0 aromatic carbocycles. The van der Waals surface area contributed by atoms with Crippen LogP contribution in [0.15, 0.2) is 0 Å². The summed E-state index contributed by atoms with van der Waals surface area (Å²) in [4.78, 5) is 16.6. The van der Waals surface area contributed by atoms with Crippen molar-refractivity contribution in [1.29, 1.82) is 0 Å². The Balaban J connectivity index is 0.00000162. The van der Waals surface area contributed by atoms with Crippen molar-refractivity contribution in [1.82, 2.24) is 15.1 Å². The summed E-state index contributed by atoms with van der Waals surface area (Å²) in [6.07, 6.45) is 5.66. The van der Waals surface area contributed by atoms with Gasteiger partial charge in [0.1, 0.15) is 0 Å². The van der Waals surface area contributed by atoms with Crippen LogP contribution in [-0.2, 0) is 4.79 Å². The van der Waals surface area contributed by atoms with Gasteiger partial charge in [-0.3, -0.25) is 4.79 Å². The minimum absolute atomic E-state index is 0. The third kappa shape index (κ3) is 5.10. The van der Waals surface area contributed by atoms with Crippen molar-refractivity contribution in [3.63, 3.8) is 0 Å². The molecular weight excluding hydrogens is 285 g/mol. The van der Waals surface area contributed by atoms with E-state index in [1.807, 2.05) is 0 Å². The maximum atomic E-state index is 12.3. The quantitative estimate of drug-likeness (QED) is 0.840. The second kappa shape index (κ2) is 9.01. The van der Waals surface area contributed by atoms with Crippen LogP contribution in [0.1, 0.15) is 32.1 Å². The van der Waals surface area contributed by atoms with Crippen LogP contribution in [-0.4, -0.2) is 61.5 Å². The van der Waals surface area contributed by atoms with E-state index in [1.54, 1.807) is 0 Å². The van der Waals surface area contributed by atoms with Gasteiger partial charge in [-0.25, -0.2) is 0 Å². The van der Waals surface area contributed by atoms with Crippen LogP contribution >= 0.6 is 24.8 Å². The Morgan fingerprint density at radius 3 is 2.21 bits per heavy atom. The van der Waals surface area contributed by atoms with Crippen LogP contribution in [0.3, 0.4) is 0 Å². The van der Waals surface area contributed by atoms with E-state index in [9.17, 15) is 4.79 Å². The van der Waals surface area contributed by atoms with Gasteiger partial charge < -0.3 is 15.1 Å². The van der Waals surface area contributed by atoms with Gasteiger partial charge in [0.25, 0.3) is 0 Å². The third-order valence-electron chi connectivity index (χ3n) is 4.11. The Hall–Kier alpha value is -0.0300. The first-order valence-corrected chi connectivity index (χ1v) is 6.87. The average Bonchev–Trinajstić information content (AvgIpc) is 2.39. The number of hydrogen-bond acceptors (Lipinski definition) is 3. The molecule has 2 aliphatic heterocycles. The molecule has 2 saturated heterocycles. The molecule has 1 N–H and O–H groups in total. The molecule has 114 valence electrons. The summed E-state index contributed by atoms with van der Waals surface area (Å²) in [5.74, 6) is 0.335. The van der Waals surface area contributed by atoms with Crippen molar-refractivity contribution in [2.24, 2.45) is 0 Å². The molecule has 19 heavy (non-hydrogen) atoms. The number of rotatable bonds is 2. The van der Waals surface area contributed by atoms with E-state index in [1.165, 1.54) is 12.8 Å². The molecule has 0 bridgehead atoms. The number of piperidine rings is 2. The highest BCUT2D eigenvalue weighted by Crippen LogP contribution is 2.17. The van der Waals surface area contributed by atoms with Crippen LogP contribution < -0.4 is 5.32 Å². The zero-order chi connectivity index (χ0) is 12.3. The summed E-state index contributed by atoms with van der Waals surface area (Å²) in [7, 11) is 4.26. The number of nitrogens with one attached hydrogen (secondary N) is 1. The van der Waals surface area contributed by atoms with Gasteiger partial charge in [0.15, 0.2) is 0 Å². The molecule has 6 heteroatoms. The molecule has 0 saturated carbocycles. The maximum Gasteiger partial charge on any atom is 0.239 e. The molecule has 0 aromatic heterocycles. The first-order valence-electron chi connectivity index (χ1n) is 6.87. The minimum atomic E-state index is 0. The molecule has 2 rings (SSSR count). The van der Waals surface area contributed by atoms with Crippen molar-refractivity contribution in [3.05, 3.63) is 0 Å². The molecule has 2 fully saturated rings. The van der Waals surface area contributed by atoms with Gasteiger partial charge in [0.05, 0.1) is 6.04 Å². The summed E-state index contributed by atoms with van der Waals surface area (Å²) < 4.78 is 0. The van der Waals surface area contributed by atoms with Gasteiger partial charge in [0, 0.05) is 19.1 Å². The smallest absolute Gasteiger partial charge is 0.239 e. The third-order valence-corrected chi connectivity index (χ3v) is 4.11. The highest BCUT2D eigenvalue weighted by atomic mass is 35.5. The van der Waals surface area contributed by atoms with Crippen LogP contribution in [0.5, 0.6) is 0 Å². The van der Waals surface area contributed by atoms with E-state index in [4.69, 9.17) is 0 Å².